The summed E-state index contributed by atoms with van der Waals surface area (Å²) in [5.41, 5.74) is 1.63. The molecule has 34 heavy (non-hydrogen) atoms. The van der Waals surface area contributed by atoms with Crippen LogP contribution in [0.4, 0.5) is 15.9 Å². The van der Waals surface area contributed by atoms with Gasteiger partial charge in [0.2, 0.25) is 0 Å². The number of nitrogens with zero attached hydrogens (tertiary/aromatic N) is 3. The molecular formula is C24H19Cl2FN4O3. The molecular weight excluding hydrogens is 482 g/mol. The number of ether oxygens (including phenoxy) is 2. The monoisotopic (exact) mass is 500 g/mol. The number of rotatable bonds is 6. The van der Waals surface area contributed by atoms with Crippen LogP contribution in [0.15, 0.2) is 55.0 Å². The number of anilines is 2. The minimum absolute atomic E-state index is 0.0103. The molecule has 0 saturated carbocycles. The van der Waals surface area contributed by atoms with E-state index in [-0.39, 0.29) is 33.8 Å². The third-order valence-electron chi connectivity index (χ3n) is 5.88. The van der Waals surface area contributed by atoms with Crippen LogP contribution in [0.5, 0.6) is 11.5 Å². The predicted molar refractivity (Wildman–Crippen MR) is 128 cm³/mol. The summed E-state index contributed by atoms with van der Waals surface area (Å²) in [6.07, 6.45) is 5.85. The normalized spacial score (nSPS) is 18.7. The van der Waals surface area contributed by atoms with E-state index in [1.165, 1.54) is 24.5 Å². The summed E-state index contributed by atoms with van der Waals surface area (Å²) < 4.78 is 26.4. The van der Waals surface area contributed by atoms with Crippen molar-refractivity contribution < 1.29 is 18.7 Å². The maximum atomic E-state index is 14.6. The van der Waals surface area contributed by atoms with Crippen molar-refractivity contribution in [1.82, 2.24) is 14.9 Å². The van der Waals surface area contributed by atoms with Gasteiger partial charge in [0.25, 0.3) is 5.91 Å². The maximum absolute atomic E-state index is 14.6. The minimum Gasteiger partial charge on any atom is -0.493 e. The summed E-state index contributed by atoms with van der Waals surface area (Å²) in [5, 5.41) is 3.51. The van der Waals surface area contributed by atoms with Crippen molar-refractivity contribution in [1.29, 1.82) is 0 Å². The number of fused-ring (bicyclic) bond motifs is 3. The van der Waals surface area contributed by atoms with Crippen molar-refractivity contribution in [3.05, 3.63) is 70.9 Å². The third kappa shape index (κ3) is 3.82. The lowest BCUT2D eigenvalue weighted by atomic mass is 9.87. The van der Waals surface area contributed by atoms with Gasteiger partial charge in [-0.1, -0.05) is 29.8 Å². The number of aromatic nitrogens is 2. The molecule has 2 aromatic carbocycles. The molecule has 1 fully saturated rings. The molecule has 1 saturated heterocycles. The Morgan fingerprint density at radius 3 is 2.82 bits per heavy atom. The molecule has 3 aliphatic rings. The van der Waals surface area contributed by atoms with Crippen LogP contribution in [-0.2, 0) is 4.79 Å². The Bertz CT molecular complexity index is 1360. The van der Waals surface area contributed by atoms with E-state index in [9.17, 15) is 9.18 Å². The van der Waals surface area contributed by atoms with Crippen molar-refractivity contribution in [2.45, 2.75) is 25.0 Å². The smallest absolute Gasteiger partial charge is 0.250 e. The first kappa shape index (κ1) is 22.4. The number of benzene rings is 2. The quantitative estimate of drug-likeness (QED) is 0.348. The molecule has 2 aliphatic heterocycles. The van der Waals surface area contributed by atoms with Crippen molar-refractivity contribution in [2.24, 2.45) is 0 Å². The molecule has 3 heterocycles. The Morgan fingerprint density at radius 2 is 2.12 bits per heavy atom. The molecule has 2 atom stereocenters. The van der Waals surface area contributed by atoms with Crippen LogP contribution in [-0.4, -0.2) is 40.0 Å². The molecule has 1 N–H and O–H groups in total. The number of halogens is 3. The van der Waals surface area contributed by atoms with Gasteiger partial charge in [-0.15, -0.1) is 0 Å². The molecule has 1 unspecified atom stereocenters. The number of hydrogen-bond donors (Lipinski definition) is 1. The standard InChI is InChI=1S/C24H19Cl2FN4O3/c1-3-21(32)31-12-6-13(31)8-14(7-12)34-20-9-15-18(10-19(20)33-2)28-11-29-24(15)30-17-5-4-16(25)22(26)23(17)27/h3-6,9-12,14H,1,7-8H2,2H3,(H,28,29,30)/t12?,14-/m1/s1. The molecule has 0 spiro atoms. The fraction of sp³-hybridized carbons (Fsp3) is 0.208. The lowest BCUT2D eigenvalue weighted by Crippen LogP contribution is -2.52. The predicted octanol–water partition coefficient (Wildman–Crippen LogP) is 5.65. The van der Waals surface area contributed by atoms with Gasteiger partial charge in [0.05, 0.1) is 34.4 Å². The van der Waals surface area contributed by atoms with Gasteiger partial charge in [-0.05, 0) is 30.4 Å². The Hall–Kier alpha value is -3.36. The van der Waals surface area contributed by atoms with Gasteiger partial charge in [-0.25, -0.2) is 14.4 Å². The van der Waals surface area contributed by atoms with Crippen LogP contribution in [0, 0.1) is 5.82 Å². The number of carbonyl (C=O) groups is 1. The average Bonchev–Trinajstić information content (AvgIpc) is 2.84. The average molecular weight is 501 g/mol. The van der Waals surface area contributed by atoms with E-state index >= 15 is 0 Å². The molecule has 2 bridgehead atoms. The third-order valence-corrected chi connectivity index (χ3v) is 6.66. The number of carbonyl (C=O) groups excluding carboxylic acids is 1. The highest BCUT2D eigenvalue weighted by Crippen LogP contribution is 2.41. The number of nitrogens with one attached hydrogen (secondary N) is 1. The number of amides is 1. The van der Waals surface area contributed by atoms with Gasteiger partial charge in [0.1, 0.15) is 18.2 Å². The van der Waals surface area contributed by atoms with E-state index in [2.05, 4.69) is 27.9 Å². The molecule has 1 aliphatic carbocycles. The van der Waals surface area contributed by atoms with Gasteiger partial charge >= 0.3 is 0 Å². The first-order valence-corrected chi connectivity index (χ1v) is 11.2. The second-order valence-electron chi connectivity index (χ2n) is 7.91. The SMILES string of the molecule is C=CC(=O)N1C2=CC1C[C@@H](Oc1cc3c(Nc4ccc(Cl)c(Cl)c4F)ncnc3cc1OC)C2. The molecule has 1 aromatic heterocycles. The zero-order chi connectivity index (χ0) is 24.0. The fourth-order valence-corrected chi connectivity index (χ4v) is 4.58. The zero-order valence-electron chi connectivity index (χ0n) is 18.0. The summed E-state index contributed by atoms with van der Waals surface area (Å²) in [4.78, 5) is 22.3. The highest BCUT2D eigenvalue weighted by atomic mass is 35.5. The highest BCUT2D eigenvalue weighted by Gasteiger charge is 2.41. The highest BCUT2D eigenvalue weighted by molar-refractivity contribution is 6.42. The first-order valence-electron chi connectivity index (χ1n) is 10.5. The van der Waals surface area contributed by atoms with Crippen molar-refractivity contribution in [3.8, 4) is 11.5 Å². The van der Waals surface area contributed by atoms with Gasteiger partial charge in [0.15, 0.2) is 17.3 Å². The molecule has 1 amide bonds. The summed E-state index contributed by atoms with van der Waals surface area (Å²) in [6, 6.07) is 6.46. The second-order valence-corrected chi connectivity index (χ2v) is 8.69. The van der Waals surface area contributed by atoms with E-state index in [1.807, 2.05) is 0 Å². The van der Waals surface area contributed by atoms with Crippen molar-refractivity contribution in [2.75, 3.05) is 12.4 Å². The number of hydrogen-bond acceptors (Lipinski definition) is 6. The summed E-state index contributed by atoms with van der Waals surface area (Å²) in [5.74, 6) is 0.582. The van der Waals surface area contributed by atoms with Gasteiger partial charge in [-0.3, -0.25) is 4.79 Å². The minimum atomic E-state index is -0.681. The van der Waals surface area contributed by atoms with Gasteiger partial charge in [-0.2, -0.15) is 0 Å². The molecule has 6 rings (SSSR count). The Morgan fingerprint density at radius 1 is 1.29 bits per heavy atom. The number of methoxy groups -OCH3 is 1. The van der Waals surface area contributed by atoms with Crippen LogP contribution in [0.1, 0.15) is 12.8 Å². The Kier molecular flexibility index (Phi) is 5.79. The van der Waals surface area contributed by atoms with Crippen LogP contribution < -0.4 is 14.8 Å². The fourth-order valence-electron chi connectivity index (χ4n) is 4.27. The lowest BCUT2D eigenvalue weighted by molar-refractivity contribution is -0.128. The molecule has 0 radical (unpaired) electrons. The van der Waals surface area contributed by atoms with Gasteiger partial charge < -0.3 is 19.7 Å². The maximum Gasteiger partial charge on any atom is 0.250 e. The second kappa shape index (κ2) is 8.77. The lowest BCUT2D eigenvalue weighted by Gasteiger charge is -2.46. The van der Waals surface area contributed by atoms with E-state index in [0.717, 1.165) is 5.70 Å². The number of piperidine rings is 1. The summed E-state index contributed by atoms with van der Waals surface area (Å²) >= 11 is 11.8. The van der Waals surface area contributed by atoms with E-state index in [4.69, 9.17) is 32.7 Å². The van der Waals surface area contributed by atoms with Crippen LogP contribution in [0.2, 0.25) is 10.0 Å². The Labute approximate surface area is 204 Å². The zero-order valence-corrected chi connectivity index (χ0v) is 19.5. The van der Waals surface area contributed by atoms with Crippen LogP contribution in [0.25, 0.3) is 10.9 Å². The van der Waals surface area contributed by atoms with Crippen molar-refractivity contribution in [3.63, 3.8) is 0 Å². The molecule has 174 valence electrons. The topological polar surface area (TPSA) is 76.6 Å². The Balaban J connectivity index is 1.44. The summed E-state index contributed by atoms with van der Waals surface area (Å²) in [7, 11) is 1.55. The first-order chi connectivity index (χ1) is 16.4. The van der Waals surface area contributed by atoms with E-state index in [1.54, 1.807) is 24.1 Å². The van der Waals surface area contributed by atoms with Crippen LogP contribution in [0.3, 0.4) is 0 Å². The van der Waals surface area contributed by atoms with Gasteiger partial charge in [0, 0.05) is 30.0 Å². The largest absolute Gasteiger partial charge is 0.493 e. The molecule has 7 nitrogen and oxygen atoms in total. The van der Waals surface area contributed by atoms with Crippen LogP contribution >= 0.6 is 23.2 Å². The van der Waals surface area contributed by atoms with E-state index in [0.29, 0.717) is 41.1 Å². The summed E-state index contributed by atoms with van der Waals surface area (Å²) in [6.45, 7) is 3.56. The van der Waals surface area contributed by atoms with Crippen molar-refractivity contribution >= 4 is 51.5 Å². The molecule has 3 aromatic rings. The van der Waals surface area contributed by atoms with E-state index < -0.39 is 5.82 Å². The molecule has 10 heteroatoms.